The minimum Gasteiger partial charge on any atom is -0.468 e. The zero-order valence-corrected chi connectivity index (χ0v) is 41.2. The van der Waals surface area contributed by atoms with Gasteiger partial charge in [-0.15, -0.1) is 0 Å². The van der Waals surface area contributed by atoms with Crippen molar-refractivity contribution in [1.29, 1.82) is 0 Å². The Kier molecular flexibility index (Phi) is 22.5. The lowest BCUT2D eigenvalue weighted by Gasteiger charge is -2.29. The van der Waals surface area contributed by atoms with E-state index in [-0.39, 0.29) is 62.4 Å². The molecular weight excluding hydrogens is 951 g/mol. The van der Waals surface area contributed by atoms with Crippen molar-refractivity contribution in [3.63, 3.8) is 0 Å². The molecule has 0 saturated heterocycles. The van der Waals surface area contributed by atoms with E-state index in [1.54, 1.807) is 13.8 Å². The first-order chi connectivity index (χ1) is 33.7. The van der Waals surface area contributed by atoms with Crippen molar-refractivity contribution >= 4 is 71.3 Å². The first-order valence-corrected chi connectivity index (χ1v) is 25.4. The maximum Gasteiger partial charge on any atom is 0.521 e. The van der Waals surface area contributed by atoms with Crippen molar-refractivity contribution in [2.24, 2.45) is 17.8 Å². The molecular formula is C50H61NO17S2. The van der Waals surface area contributed by atoms with E-state index in [2.05, 4.69) is 18.0 Å². The SMILES string of the molecule is [C-]#[N+]C(C(=O)OC(C)C)=C1Sc2c(OC(=O)OC(=O)C3CCC(OCCCCOC(=O)C=C)CC3)ccc(OC(=O)C3CCC(OC(=O)C(=O)C4CCC(OCCCCC(=O)OC=C)CC4)CC3)c2S1. The van der Waals surface area contributed by atoms with E-state index in [9.17, 15) is 38.4 Å². The number of hydrogen-bond acceptors (Lipinski definition) is 19. The molecule has 4 aliphatic rings. The number of rotatable bonds is 23. The number of carbonyl (C=O) groups is 8. The Hall–Kier alpha value is -5.49. The number of nitrogens with zero attached hydrogens (tertiary/aromatic N) is 1. The highest BCUT2D eigenvalue weighted by Crippen LogP contribution is 2.59. The van der Waals surface area contributed by atoms with Crippen LogP contribution in [0.15, 0.2) is 57.4 Å². The fourth-order valence-electron chi connectivity index (χ4n) is 8.30. The molecule has 3 fully saturated rings. The number of unbranched alkanes of at least 4 members (excludes halogenated alkanes) is 2. The lowest BCUT2D eigenvalue weighted by atomic mass is 9.84. The molecule has 3 aliphatic carbocycles. The monoisotopic (exact) mass is 1010 g/mol. The Labute approximate surface area is 416 Å². The smallest absolute Gasteiger partial charge is 0.468 e. The van der Waals surface area contributed by atoms with Gasteiger partial charge >= 0.3 is 42.0 Å². The molecule has 380 valence electrons. The quantitative estimate of drug-likeness (QED) is 0.00952. The highest BCUT2D eigenvalue weighted by Gasteiger charge is 2.38. The summed E-state index contributed by atoms with van der Waals surface area (Å²) in [7, 11) is 0. The second kappa shape index (κ2) is 28.4. The van der Waals surface area contributed by atoms with E-state index in [0.717, 1.165) is 35.9 Å². The Bertz CT molecular complexity index is 2160. The van der Waals surface area contributed by atoms with Gasteiger partial charge in [0.1, 0.15) is 17.6 Å². The first-order valence-electron chi connectivity index (χ1n) is 23.8. The van der Waals surface area contributed by atoms with Crippen LogP contribution in [0.25, 0.3) is 4.85 Å². The summed E-state index contributed by atoms with van der Waals surface area (Å²) in [6.07, 6.45) is 8.25. The van der Waals surface area contributed by atoms with Crippen molar-refractivity contribution in [3.05, 3.63) is 59.0 Å². The van der Waals surface area contributed by atoms with Crippen LogP contribution in [0.4, 0.5) is 4.79 Å². The molecule has 0 unspecified atom stereocenters. The third-order valence-electron chi connectivity index (χ3n) is 12.0. The number of carbonyl (C=O) groups excluding carboxylic acids is 8. The largest absolute Gasteiger partial charge is 0.521 e. The van der Waals surface area contributed by atoms with Crippen LogP contribution in [-0.4, -0.2) is 92.0 Å². The van der Waals surface area contributed by atoms with E-state index < -0.39 is 71.7 Å². The fraction of sp³-hybridized carbons (Fsp3) is 0.580. The molecule has 70 heavy (non-hydrogen) atoms. The van der Waals surface area contributed by atoms with Crippen molar-refractivity contribution in [1.82, 2.24) is 0 Å². The van der Waals surface area contributed by atoms with E-state index in [0.29, 0.717) is 116 Å². The van der Waals surface area contributed by atoms with Gasteiger partial charge in [0.15, 0.2) is 0 Å². The van der Waals surface area contributed by atoms with Gasteiger partial charge in [-0.2, -0.15) is 0 Å². The van der Waals surface area contributed by atoms with Crippen LogP contribution < -0.4 is 9.47 Å². The Morgan fingerprint density at radius 1 is 0.686 bits per heavy atom. The van der Waals surface area contributed by atoms with E-state index in [1.165, 1.54) is 12.1 Å². The average molecular weight is 1010 g/mol. The number of benzene rings is 1. The van der Waals surface area contributed by atoms with Gasteiger partial charge in [-0.3, -0.25) is 24.0 Å². The molecule has 0 spiro atoms. The van der Waals surface area contributed by atoms with Gasteiger partial charge in [-0.05, 0) is 129 Å². The summed E-state index contributed by atoms with van der Waals surface area (Å²) >= 11 is 1.90. The molecule has 0 aromatic heterocycles. The number of fused-ring (bicyclic) bond motifs is 1. The fourth-order valence-corrected chi connectivity index (χ4v) is 10.9. The van der Waals surface area contributed by atoms with Gasteiger partial charge in [0.05, 0.1) is 63.6 Å². The van der Waals surface area contributed by atoms with Crippen LogP contribution in [-0.2, 0) is 66.7 Å². The summed E-state index contributed by atoms with van der Waals surface area (Å²) in [6, 6.07) is 2.77. The number of thioether (sulfide) groups is 2. The minimum atomic E-state index is -1.29. The lowest BCUT2D eigenvalue weighted by molar-refractivity contribution is -0.162. The molecule has 18 nitrogen and oxygen atoms in total. The van der Waals surface area contributed by atoms with Crippen LogP contribution in [0.3, 0.4) is 0 Å². The molecule has 1 aliphatic heterocycles. The van der Waals surface area contributed by atoms with E-state index in [1.807, 2.05) is 0 Å². The number of ketones is 1. The third kappa shape index (κ3) is 17.1. The molecule has 0 amide bonds. The van der Waals surface area contributed by atoms with Gasteiger partial charge in [0.25, 0.3) is 5.70 Å². The normalized spacial score (nSPS) is 22.5. The van der Waals surface area contributed by atoms with Gasteiger partial charge < -0.3 is 42.6 Å². The minimum absolute atomic E-state index is 0.0279. The molecule has 0 N–H and O–H groups in total. The topological polar surface area (TPSA) is 224 Å². The Morgan fingerprint density at radius 2 is 1.21 bits per heavy atom. The summed E-state index contributed by atoms with van der Waals surface area (Å²) in [5, 5.41) is 0. The lowest BCUT2D eigenvalue weighted by Crippen LogP contribution is -2.35. The molecule has 0 atom stereocenters. The van der Waals surface area contributed by atoms with Gasteiger partial charge in [-0.1, -0.05) is 36.7 Å². The molecule has 5 rings (SSSR count). The van der Waals surface area contributed by atoms with Crippen LogP contribution in [0.5, 0.6) is 11.5 Å². The maximum atomic E-state index is 13.6. The highest BCUT2D eigenvalue weighted by atomic mass is 32.2. The summed E-state index contributed by atoms with van der Waals surface area (Å²) in [6.45, 7) is 19.0. The number of Topliss-reactive ketones (excluding diaryl/α,β-unsaturated/α-hetero) is 1. The van der Waals surface area contributed by atoms with E-state index >= 15 is 0 Å². The van der Waals surface area contributed by atoms with Crippen molar-refractivity contribution in [2.45, 2.75) is 157 Å². The number of ether oxygens (including phenoxy) is 9. The van der Waals surface area contributed by atoms with Gasteiger partial charge in [0, 0.05) is 31.6 Å². The van der Waals surface area contributed by atoms with Crippen LogP contribution >= 0.6 is 23.5 Å². The summed E-state index contributed by atoms with van der Waals surface area (Å²) in [5.74, 6) is -6.03. The zero-order chi connectivity index (χ0) is 50.6. The molecule has 20 heteroatoms. The molecule has 0 bridgehead atoms. The first kappa shape index (κ1) is 55.4. The molecule has 1 heterocycles. The standard InChI is InChI=1S/C50H61NO17S2/c1-6-39(52)63-29-11-10-28-62-35-21-15-33(16-22-35)46(56)68-50(59)67-38-26-25-37(43-44(38)70-49(69-43)41(51-5)47(57)64-30(3)4)66-45(55)32-17-23-36(24-18-32)65-48(58)42(54)31-13-19-34(20-14-31)61-27-9-8-12-40(53)60-7-2/h6-7,25-26,30-36H,1-2,8-24,27-29H2,3-4H3. The average Bonchev–Trinajstić information content (AvgIpc) is 3.79. The Morgan fingerprint density at radius 3 is 1.77 bits per heavy atom. The molecule has 1 aromatic carbocycles. The molecule has 3 saturated carbocycles. The summed E-state index contributed by atoms with van der Waals surface area (Å²) < 4.78 is 49.1. The predicted octanol–water partition coefficient (Wildman–Crippen LogP) is 9.06. The molecule has 1 aromatic rings. The summed E-state index contributed by atoms with van der Waals surface area (Å²) in [5.41, 5.74) is -0.323. The maximum absolute atomic E-state index is 13.6. The second-order valence-electron chi connectivity index (χ2n) is 17.4. The van der Waals surface area contributed by atoms with Crippen LogP contribution in [0.2, 0.25) is 0 Å². The molecule has 0 radical (unpaired) electrons. The zero-order valence-electron chi connectivity index (χ0n) is 39.6. The van der Waals surface area contributed by atoms with E-state index in [4.69, 9.17) is 49.2 Å². The summed E-state index contributed by atoms with van der Waals surface area (Å²) in [4.78, 5) is 105. The number of hydrogen-bond donors (Lipinski definition) is 0. The number of esters is 6. The highest BCUT2D eigenvalue weighted by molar-refractivity contribution is 8.24. The Balaban J connectivity index is 1.11. The second-order valence-corrected chi connectivity index (χ2v) is 19.7. The van der Waals surface area contributed by atoms with Crippen molar-refractivity contribution < 1.29 is 81.0 Å². The van der Waals surface area contributed by atoms with Crippen molar-refractivity contribution in [2.75, 3.05) is 19.8 Å². The van der Waals surface area contributed by atoms with Crippen LogP contribution in [0.1, 0.15) is 123 Å². The van der Waals surface area contributed by atoms with Crippen molar-refractivity contribution in [3.8, 4) is 11.5 Å². The van der Waals surface area contributed by atoms with Gasteiger partial charge in [0.2, 0.25) is 5.78 Å². The van der Waals surface area contributed by atoms with Gasteiger partial charge in [-0.25, -0.2) is 19.2 Å². The predicted molar refractivity (Wildman–Crippen MR) is 252 cm³/mol. The van der Waals surface area contributed by atoms with Crippen LogP contribution in [0, 0.1) is 24.3 Å². The third-order valence-corrected chi connectivity index (χ3v) is 14.6.